The Kier molecular flexibility index (Phi) is 4.04. The van der Waals surface area contributed by atoms with Gasteiger partial charge in [-0.1, -0.05) is 15.9 Å². The monoisotopic (exact) mass is 327 g/mol. The third-order valence-corrected chi connectivity index (χ3v) is 4.10. The van der Waals surface area contributed by atoms with Crippen molar-refractivity contribution in [3.8, 4) is 5.75 Å². The number of benzene rings is 1. The van der Waals surface area contributed by atoms with E-state index in [4.69, 9.17) is 4.74 Å². The largest absolute Gasteiger partial charge is 0.468 e. The summed E-state index contributed by atoms with van der Waals surface area (Å²) in [6, 6.07) is 7.43. The summed E-state index contributed by atoms with van der Waals surface area (Å²) in [5, 5.41) is 9.40. The molecule has 0 aromatic heterocycles. The van der Waals surface area contributed by atoms with Gasteiger partial charge in [0.2, 0.25) is 0 Å². The number of amides is 1. The van der Waals surface area contributed by atoms with Gasteiger partial charge in [0, 0.05) is 16.9 Å². The van der Waals surface area contributed by atoms with Gasteiger partial charge < -0.3 is 9.84 Å². The molecule has 1 fully saturated rings. The van der Waals surface area contributed by atoms with Gasteiger partial charge in [0.1, 0.15) is 5.75 Å². The molecule has 0 spiro atoms. The van der Waals surface area contributed by atoms with Gasteiger partial charge in [-0.3, -0.25) is 4.90 Å². The Bertz CT molecular complexity index is 462. The number of carbonyl (C=O) groups is 1. The van der Waals surface area contributed by atoms with Crippen LogP contribution in [0.25, 0.3) is 0 Å². The van der Waals surface area contributed by atoms with Crippen molar-refractivity contribution in [2.24, 2.45) is 0 Å². The maximum absolute atomic E-state index is 11.5. The number of carboxylic acid groups (broad SMARTS) is 1. The van der Waals surface area contributed by atoms with Crippen LogP contribution in [0.3, 0.4) is 0 Å². The molecule has 0 radical (unpaired) electrons. The van der Waals surface area contributed by atoms with E-state index in [0.29, 0.717) is 12.2 Å². The maximum Gasteiger partial charge on any atom is 0.410 e. The van der Waals surface area contributed by atoms with Crippen LogP contribution in [0, 0.1) is 0 Å². The SMILES string of the molecule is CC1CCCC(C)(Oc2ccc(Br)cc2)N1C(=O)O. The smallest absolute Gasteiger partial charge is 0.410 e. The summed E-state index contributed by atoms with van der Waals surface area (Å²) in [6.07, 6.45) is 1.63. The van der Waals surface area contributed by atoms with Crippen LogP contribution in [0.2, 0.25) is 0 Å². The molecule has 4 nitrogen and oxygen atoms in total. The van der Waals surface area contributed by atoms with Gasteiger partial charge in [-0.05, 0) is 51.0 Å². The molecule has 1 amide bonds. The third kappa shape index (κ3) is 3.03. The Hall–Kier alpha value is -1.23. The summed E-state index contributed by atoms with van der Waals surface area (Å²) < 4.78 is 6.94. The van der Waals surface area contributed by atoms with Gasteiger partial charge in [0.25, 0.3) is 0 Å². The van der Waals surface area contributed by atoms with Crippen molar-refractivity contribution in [1.82, 2.24) is 4.90 Å². The number of ether oxygens (including phenoxy) is 1. The van der Waals surface area contributed by atoms with Crippen LogP contribution >= 0.6 is 15.9 Å². The number of halogens is 1. The fourth-order valence-electron chi connectivity index (χ4n) is 2.69. The summed E-state index contributed by atoms with van der Waals surface area (Å²) in [5.41, 5.74) is -0.794. The van der Waals surface area contributed by atoms with Crippen molar-refractivity contribution in [2.75, 3.05) is 0 Å². The molecule has 1 aromatic rings. The lowest BCUT2D eigenvalue weighted by Crippen LogP contribution is -2.59. The number of rotatable bonds is 2. The van der Waals surface area contributed by atoms with Crippen LogP contribution in [0.1, 0.15) is 33.1 Å². The molecule has 5 heteroatoms. The maximum atomic E-state index is 11.5. The quantitative estimate of drug-likeness (QED) is 0.889. The second kappa shape index (κ2) is 5.41. The highest BCUT2D eigenvalue weighted by atomic mass is 79.9. The fourth-order valence-corrected chi connectivity index (χ4v) is 2.95. The zero-order valence-corrected chi connectivity index (χ0v) is 12.7. The average molecular weight is 328 g/mol. The van der Waals surface area contributed by atoms with Crippen LogP contribution in [-0.4, -0.2) is 27.9 Å². The van der Waals surface area contributed by atoms with E-state index >= 15 is 0 Å². The van der Waals surface area contributed by atoms with Crippen LogP contribution in [-0.2, 0) is 0 Å². The number of piperidine rings is 1. The lowest BCUT2D eigenvalue weighted by molar-refractivity contribution is -0.0991. The van der Waals surface area contributed by atoms with Crippen molar-refractivity contribution < 1.29 is 14.6 Å². The zero-order chi connectivity index (χ0) is 14.0. The molecule has 1 aliphatic rings. The van der Waals surface area contributed by atoms with E-state index in [9.17, 15) is 9.90 Å². The molecule has 2 atom stereocenters. The fraction of sp³-hybridized carbons (Fsp3) is 0.500. The van der Waals surface area contributed by atoms with Crippen LogP contribution in [0.5, 0.6) is 5.75 Å². The summed E-state index contributed by atoms with van der Waals surface area (Å²) in [7, 11) is 0. The third-order valence-electron chi connectivity index (χ3n) is 3.57. The van der Waals surface area contributed by atoms with Gasteiger partial charge in [-0.2, -0.15) is 0 Å². The van der Waals surface area contributed by atoms with Crippen molar-refractivity contribution in [1.29, 1.82) is 0 Å². The molecule has 0 aliphatic carbocycles. The van der Waals surface area contributed by atoms with E-state index in [1.165, 1.54) is 4.90 Å². The molecule has 1 heterocycles. The zero-order valence-electron chi connectivity index (χ0n) is 11.1. The van der Waals surface area contributed by atoms with Gasteiger partial charge in [-0.25, -0.2) is 4.79 Å². The highest BCUT2D eigenvalue weighted by Gasteiger charge is 2.43. The molecule has 0 saturated carbocycles. The van der Waals surface area contributed by atoms with Gasteiger partial charge >= 0.3 is 6.09 Å². The number of hydrogen-bond acceptors (Lipinski definition) is 2. The van der Waals surface area contributed by atoms with Crippen LogP contribution < -0.4 is 4.74 Å². The Morgan fingerprint density at radius 1 is 1.47 bits per heavy atom. The second-order valence-electron chi connectivity index (χ2n) is 5.12. The molecule has 1 aliphatic heterocycles. The summed E-state index contributed by atoms with van der Waals surface area (Å²) in [6.45, 7) is 3.77. The molecular weight excluding hydrogens is 310 g/mol. The van der Waals surface area contributed by atoms with E-state index < -0.39 is 11.8 Å². The minimum absolute atomic E-state index is 0.0216. The van der Waals surface area contributed by atoms with Crippen molar-refractivity contribution in [3.05, 3.63) is 28.7 Å². The summed E-state index contributed by atoms with van der Waals surface area (Å²) in [5.74, 6) is 0.686. The van der Waals surface area contributed by atoms with Gasteiger partial charge in [-0.15, -0.1) is 0 Å². The van der Waals surface area contributed by atoms with Crippen molar-refractivity contribution in [3.63, 3.8) is 0 Å². The van der Waals surface area contributed by atoms with Gasteiger partial charge in [0.05, 0.1) is 0 Å². The molecule has 1 saturated heterocycles. The summed E-state index contributed by atoms with van der Waals surface area (Å²) >= 11 is 3.37. The topological polar surface area (TPSA) is 49.8 Å². The van der Waals surface area contributed by atoms with E-state index in [1.54, 1.807) is 0 Å². The standard InChI is InChI=1S/C14H18BrNO3/c1-10-4-3-9-14(2,16(10)13(17)18)19-12-7-5-11(15)6-8-12/h5-8,10H,3-4,9H2,1-2H3,(H,17,18). The van der Waals surface area contributed by atoms with Crippen molar-refractivity contribution in [2.45, 2.75) is 44.9 Å². The normalized spacial score (nSPS) is 27.1. The van der Waals surface area contributed by atoms with Gasteiger partial charge in [0.15, 0.2) is 5.72 Å². The minimum Gasteiger partial charge on any atom is -0.468 e. The molecule has 0 bridgehead atoms. The number of nitrogens with zero attached hydrogens (tertiary/aromatic N) is 1. The van der Waals surface area contributed by atoms with Crippen LogP contribution in [0.15, 0.2) is 28.7 Å². The first-order valence-electron chi connectivity index (χ1n) is 6.39. The molecule has 2 unspecified atom stereocenters. The average Bonchev–Trinajstić information content (AvgIpc) is 2.31. The lowest BCUT2D eigenvalue weighted by Gasteiger charge is -2.46. The molecule has 1 N–H and O–H groups in total. The lowest BCUT2D eigenvalue weighted by atomic mass is 9.95. The first-order chi connectivity index (χ1) is 8.92. The summed E-state index contributed by atoms with van der Waals surface area (Å²) in [4.78, 5) is 12.9. The Labute approximate surface area is 121 Å². The highest BCUT2D eigenvalue weighted by Crippen LogP contribution is 2.34. The highest BCUT2D eigenvalue weighted by molar-refractivity contribution is 9.10. The van der Waals surface area contributed by atoms with E-state index in [-0.39, 0.29) is 6.04 Å². The first kappa shape index (κ1) is 14.2. The predicted molar refractivity (Wildman–Crippen MR) is 76.4 cm³/mol. The molecule has 2 rings (SSSR count). The molecule has 19 heavy (non-hydrogen) atoms. The molecule has 1 aromatic carbocycles. The molecular formula is C14H18BrNO3. The predicted octanol–water partition coefficient (Wildman–Crippen LogP) is 4.10. The first-order valence-corrected chi connectivity index (χ1v) is 7.18. The van der Waals surface area contributed by atoms with E-state index in [0.717, 1.165) is 17.3 Å². The minimum atomic E-state index is -0.924. The van der Waals surface area contributed by atoms with E-state index in [2.05, 4.69) is 15.9 Å². The Morgan fingerprint density at radius 2 is 2.11 bits per heavy atom. The van der Waals surface area contributed by atoms with E-state index in [1.807, 2.05) is 38.1 Å². The second-order valence-corrected chi connectivity index (χ2v) is 6.04. The van der Waals surface area contributed by atoms with Crippen molar-refractivity contribution >= 4 is 22.0 Å². The Balaban J connectivity index is 2.23. The number of likely N-dealkylation sites (tertiary alicyclic amines) is 1. The molecule has 104 valence electrons. The number of hydrogen-bond donors (Lipinski definition) is 1. The Morgan fingerprint density at radius 3 is 2.68 bits per heavy atom. The van der Waals surface area contributed by atoms with Crippen LogP contribution in [0.4, 0.5) is 4.79 Å².